The van der Waals surface area contributed by atoms with Crippen molar-refractivity contribution in [3.05, 3.63) is 42.5 Å². The molecule has 0 saturated carbocycles. The minimum absolute atomic E-state index is 0.111. The predicted molar refractivity (Wildman–Crippen MR) is 91.7 cm³/mol. The molecular formula is C16H25N3O5. The zero-order valence-corrected chi connectivity index (χ0v) is 14.1. The van der Waals surface area contributed by atoms with Gasteiger partial charge < -0.3 is 19.8 Å². The third-order valence-corrected chi connectivity index (χ3v) is 2.87. The number of ether oxygens (including phenoxy) is 1. The number of anilines is 1. The maximum absolute atomic E-state index is 9.55. The lowest BCUT2D eigenvalue weighted by atomic mass is 10.2. The second kappa shape index (κ2) is 12.1. The summed E-state index contributed by atoms with van der Waals surface area (Å²) in [5.41, 5.74) is 1.18. The third kappa shape index (κ3) is 11.2. The Bertz CT molecular complexity index is 504. The van der Waals surface area contributed by atoms with E-state index >= 15 is 0 Å². The molecule has 8 heteroatoms. The van der Waals surface area contributed by atoms with Gasteiger partial charge in [-0.05, 0) is 12.1 Å². The van der Waals surface area contributed by atoms with Crippen molar-refractivity contribution in [3.8, 4) is 0 Å². The van der Waals surface area contributed by atoms with Crippen LogP contribution in [0.15, 0.2) is 42.5 Å². The third-order valence-electron chi connectivity index (χ3n) is 2.87. The van der Waals surface area contributed by atoms with Gasteiger partial charge in [0.05, 0.1) is 6.10 Å². The molecule has 1 atom stereocenters. The number of para-hydroxylation sites is 1. The summed E-state index contributed by atoms with van der Waals surface area (Å²) in [4.78, 5) is 21.3. The van der Waals surface area contributed by atoms with Crippen molar-refractivity contribution in [2.75, 3.05) is 39.2 Å². The molecule has 0 bridgehead atoms. The van der Waals surface area contributed by atoms with Gasteiger partial charge in [-0.2, -0.15) is 0 Å². The SMILES string of the molecule is COC(CN(C)N)CN(C)c1ccccc1.O=C(O)/C=C/C(=O)O. The number of aliphatic carboxylic acids is 2. The summed E-state index contributed by atoms with van der Waals surface area (Å²) in [6.45, 7) is 1.54. The number of carbonyl (C=O) groups is 2. The van der Waals surface area contributed by atoms with Gasteiger partial charge in [-0.1, -0.05) is 18.2 Å². The fraction of sp³-hybridized carbons (Fsp3) is 0.375. The van der Waals surface area contributed by atoms with Crippen LogP contribution in [0.2, 0.25) is 0 Å². The van der Waals surface area contributed by atoms with E-state index in [2.05, 4.69) is 24.1 Å². The molecule has 1 unspecified atom stereocenters. The molecule has 0 fully saturated rings. The molecule has 0 aliphatic carbocycles. The molecule has 0 saturated heterocycles. The van der Waals surface area contributed by atoms with Crippen molar-refractivity contribution in [2.45, 2.75) is 6.10 Å². The number of carboxylic acids is 2. The topological polar surface area (TPSA) is 116 Å². The van der Waals surface area contributed by atoms with Crippen molar-refractivity contribution >= 4 is 17.6 Å². The number of hydrogen-bond acceptors (Lipinski definition) is 6. The van der Waals surface area contributed by atoms with Crippen LogP contribution in [0.3, 0.4) is 0 Å². The number of nitrogens with zero attached hydrogens (tertiary/aromatic N) is 2. The van der Waals surface area contributed by atoms with Crippen molar-refractivity contribution in [2.24, 2.45) is 5.84 Å². The summed E-state index contributed by atoms with van der Waals surface area (Å²) in [6.07, 6.45) is 1.23. The molecule has 0 aliphatic rings. The lowest BCUT2D eigenvalue weighted by Gasteiger charge is -2.26. The number of benzene rings is 1. The van der Waals surface area contributed by atoms with Crippen LogP contribution in [0.5, 0.6) is 0 Å². The van der Waals surface area contributed by atoms with Crippen molar-refractivity contribution < 1.29 is 24.5 Å². The summed E-state index contributed by atoms with van der Waals surface area (Å²) in [6, 6.07) is 10.2. The molecule has 0 spiro atoms. The molecule has 0 amide bonds. The van der Waals surface area contributed by atoms with Gasteiger partial charge in [-0.15, -0.1) is 0 Å². The molecule has 4 N–H and O–H groups in total. The van der Waals surface area contributed by atoms with E-state index in [1.807, 2.05) is 25.2 Å². The van der Waals surface area contributed by atoms with E-state index in [-0.39, 0.29) is 6.10 Å². The molecule has 0 heterocycles. The number of methoxy groups -OCH3 is 1. The molecule has 24 heavy (non-hydrogen) atoms. The Hall–Kier alpha value is -2.42. The second-order valence-electron chi connectivity index (χ2n) is 5.02. The number of nitrogens with two attached hydrogens (primary N) is 1. The zero-order valence-electron chi connectivity index (χ0n) is 14.1. The van der Waals surface area contributed by atoms with Crippen LogP contribution >= 0.6 is 0 Å². The zero-order chi connectivity index (χ0) is 18.5. The van der Waals surface area contributed by atoms with E-state index in [0.717, 1.165) is 6.54 Å². The number of rotatable bonds is 8. The van der Waals surface area contributed by atoms with Gasteiger partial charge in [0.25, 0.3) is 0 Å². The number of likely N-dealkylation sites (N-methyl/N-ethyl adjacent to an activating group) is 2. The molecule has 1 aromatic rings. The molecule has 1 rings (SSSR count). The number of carboxylic acid groups (broad SMARTS) is 2. The highest BCUT2D eigenvalue weighted by molar-refractivity contribution is 5.89. The monoisotopic (exact) mass is 339 g/mol. The highest BCUT2D eigenvalue weighted by Gasteiger charge is 2.12. The first-order chi connectivity index (χ1) is 11.3. The fourth-order valence-electron chi connectivity index (χ4n) is 1.76. The molecular weight excluding hydrogens is 314 g/mol. The molecule has 8 nitrogen and oxygen atoms in total. The average Bonchev–Trinajstić information content (AvgIpc) is 2.53. The maximum Gasteiger partial charge on any atom is 0.328 e. The molecule has 0 aliphatic heterocycles. The van der Waals surface area contributed by atoms with E-state index < -0.39 is 11.9 Å². The summed E-state index contributed by atoms with van der Waals surface area (Å²) < 4.78 is 5.39. The van der Waals surface area contributed by atoms with Gasteiger partial charge in [0.15, 0.2) is 0 Å². The molecule has 0 aromatic heterocycles. The van der Waals surface area contributed by atoms with E-state index in [9.17, 15) is 9.59 Å². The van der Waals surface area contributed by atoms with Crippen LogP contribution in [-0.4, -0.2) is 67.6 Å². The van der Waals surface area contributed by atoms with E-state index in [0.29, 0.717) is 18.7 Å². The Labute approximate surface area is 141 Å². The van der Waals surface area contributed by atoms with Crippen molar-refractivity contribution in [1.82, 2.24) is 5.01 Å². The Kier molecular flexibility index (Phi) is 10.8. The first-order valence-corrected chi connectivity index (χ1v) is 7.15. The normalized spacial score (nSPS) is 11.7. The largest absolute Gasteiger partial charge is 0.478 e. The lowest BCUT2D eigenvalue weighted by molar-refractivity contribution is -0.134. The Morgan fingerprint density at radius 1 is 1.12 bits per heavy atom. The smallest absolute Gasteiger partial charge is 0.328 e. The molecule has 1 aromatic carbocycles. The standard InChI is InChI=1S/C12H21N3O.C4H4O4/c1-14(11-7-5-4-6-8-11)9-12(16-3)10-15(2)13;5-3(6)1-2-4(7)8/h4-8,12H,9-10,13H2,1-3H3;1-2H,(H,5,6)(H,7,8)/b;2-1+. The second-order valence-corrected chi connectivity index (χ2v) is 5.02. The maximum atomic E-state index is 9.55. The van der Waals surface area contributed by atoms with E-state index in [4.69, 9.17) is 20.8 Å². The van der Waals surface area contributed by atoms with Gasteiger partial charge in [0.2, 0.25) is 0 Å². The lowest BCUT2D eigenvalue weighted by Crippen LogP contribution is -2.41. The minimum Gasteiger partial charge on any atom is -0.478 e. The Balaban J connectivity index is 0.000000561. The highest BCUT2D eigenvalue weighted by Crippen LogP contribution is 2.11. The van der Waals surface area contributed by atoms with Gasteiger partial charge >= 0.3 is 11.9 Å². The summed E-state index contributed by atoms with van der Waals surface area (Å²) in [5.74, 6) is 3.10. The molecule has 0 radical (unpaired) electrons. The van der Waals surface area contributed by atoms with E-state index in [1.54, 1.807) is 12.1 Å². The highest BCUT2D eigenvalue weighted by atomic mass is 16.5. The van der Waals surface area contributed by atoms with Crippen molar-refractivity contribution in [1.29, 1.82) is 0 Å². The minimum atomic E-state index is -1.26. The Morgan fingerprint density at radius 3 is 2.00 bits per heavy atom. The van der Waals surface area contributed by atoms with E-state index in [1.165, 1.54) is 5.69 Å². The van der Waals surface area contributed by atoms with Crippen LogP contribution in [-0.2, 0) is 14.3 Å². The number of hydrogen-bond donors (Lipinski definition) is 3. The average molecular weight is 339 g/mol. The van der Waals surface area contributed by atoms with Crippen LogP contribution in [0.25, 0.3) is 0 Å². The van der Waals surface area contributed by atoms with Crippen LogP contribution in [0.1, 0.15) is 0 Å². The Morgan fingerprint density at radius 2 is 1.62 bits per heavy atom. The van der Waals surface area contributed by atoms with Crippen molar-refractivity contribution in [3.63, 3.8) is 0 Å². The van der Waals surface area contributed by atoms with Crippen LogP contribution in [0.4, 0.5) is 5.69 Å². The molecule has 134 valence electrons. The summed E-state index contributed by atoms with van der Waals surface area (Å²) in [7, 11) is 5.61. The fourth-order valence-corrected chi connectivity index (χ4v) is 1.76. The first kappa shape index (κ1) is 21.6. The van der Waals surface area contributed by atoms with Crippen LogP contribution in [0, 0.1) is 0 Å². The first-order valence-electron chi connectivity index (χ1n) is 7.15. The summed E-state index contributed by atoms with van der Waals surface area (Å²) in [5, 5.41) is 17.3. The van der Waals surface area contributed by atoms with Gasteiger partial charge in [-0.3, -0.25) is 5.84 Å². The van der Waals surface area contributed by atoms with Gasteiger partial charge in [-0.25, -0.2) is 14.6 Å². The summed E-state index contributed by atoms with van der Waals surface area (Å²) >= 11 is 0. The predicted octanol–water partition coefficient (Wildman–Crippen LogP) is 0.655. The quantitative estimate of drug-likeness (QED) is 0.359. The van der Waals surface area contributed by atoms with Gasteiger partial charge in [0.1, 0.15) is 0 Å². The van der Waals surface area contributed by atoms with Crippen LogP contribution < -0.4 is 10.7 Å². The van der Waals surface area contributed by atoms with Gasteiger partial charge in [0, 0.05) is 52.1 Å². The number of hydrazine groups is 1.